The van der Waals surface area contributed by atoms with E-state index in [1.165, 1.54) is 59.8 Å². The monoisotopic (exact) mass is 865 g/mol. The second-order valence-electron chi connectivity index (χ2n) is 17.6. The quantitative estimate of drug-likeness (QED) is 0.167. The van der Waals surface area contributed by atoms with Crippen molar-refractivity contribution >= 4 is 75.9 Å². The largest absolute Gasteiger partial charge is 0.309 e. The number of nitrogens with zero attached hydrogens (tertiary/aromatic N) is 5. The average molecular weight is 866 g/mol. The Morgan fingerprint density at radius 2 is 0.794 bits per heavy atom. The summed E-state index contributed by atoms with van der Waals surface area (Å²) < 4.78 is 5.02. The number of hydrogen-bond acceptors (Lipinski definition) is 3. The highest BCUT2D eigenvalue weighted by atomic mass is 15.0. The topological polar surface area (TPSA) is 48.5 Å². The van der Waals surface area contributed by atoms with Crippen LogP contribution >= 0.6 is 0 Å². The zero-order chi connectivity index (χ0) is 44.7. The van der Waals surface area contributed by atoms with Gasteiger partial charge in [-0.15, -0.1) is 0 Å². The van der Waals surface area contributed by atoms with Gasteiger partial charge in [-0.3, -0.25) is 0 Å². The zero-order valence-electron chi connectivity index (χ0n) is 36.8. The van der Waals surface area contributed by atoms with E-state index in [9.17, 15) is 0 Å². The molecule has 11 aromatic carbocycles. The molecule has 0 aliphatic heterocycles. The molecule has 14 aromatic rings. The van der Waals surface area contributed by atoms with E-state index in [2.05, 4.69) is 221 Å². The third-order valence-electron chi connectivity index (χ3n) is 13.7. The molecule has 3 heterocycles. The van der Waals surface area contributed by atoms with Gasteiger partial charge in [0.25, 0.3) is 0 Å². The number of hydrogen-bond donors (Lipinski definition) is 0. The maximum absolute atomic E-state index is 5.25. The summed E-state index contributed by atoms with van der Waals surface area (Å²) in [5, 5.41) is 11.9. The Hall–Kier alpha value is -9.19. The number of aromatic nitrogens is 5. The molecule has 0 saturated heterocycles. The second kappa shape index (κ2) is 15.2. The number of benzene rings is 11. The van der Waals surface area contributed by atoms with Gasteiger partial charge in [0.15, 0.2) is 17.5 Å². The lowest BCUT2D eigenvalue weighted by molar-refractivity contribution is 1.07. The first-order valence-corrected chi connectivity index (χ1v) is 23.1. The fraction of sp³-hybridized carbons (Fsp3) is 0. The first-order chi connectivity index (χ1) is 33.7. The molecule has 5 heteroatoms. The van der Waals surface area contributed by atoms with Crippen LogP contribution in [-0.4, -0.2) is 24.1 Å². The van der Waals surface area contributed by atoms with Crippen molar-refractivity contribution in [2.45, 2.75) is 0 Å². The molecule has 0 aliphatic carbocycles. The highest BCUT2D eigenvalue weighted by Gasteiger charge is 2.24. The highest BCUT2D eigenvalue weighted by molar-refractivity contribution is 6.25. The lowest BCUT2D eigenvalue weighted by Gasteiger charge is -2.17. The maximum Gasteiger partial charge on any atom is 0.164 e. The second-order valence-corrected chi connectivity index (χ2v) is 17.6. The van der Waals surface area contributed by atoms with Crippen LogP contribution in [0.2, 0.25) is 0 Å². The van der Waals surface area contributed by atoms with Gasteiger partial charge in [0.1, 0.15) is 0 Å². The van der Waals surface area contributed by atoms with Gasteiger partial charge in [-0.25, -0.2) is 15.0 Å². The van der Waals surface area contributed by atoms with Crippen LogP contribution in [-0.2, 0) is 0 Å². The summed E-state index contributed by atoms with van der Waals surface area (Å²) in [5.74, 6) is 1.87. The van der Waals surface area contributed by atoms with Crippen molar-refractivity contribution in [2.75, 3.05) is 0 Å². The molecule has 0 atom stereocenters. The first-order valence-electron chi connectivity index (χ1n) is 23.1. The molecule has 68 heavy (non-hydrogen) atoms. The normalized spacial score (nSPS) is 11.8. The Labute approximate surface area is 391 Å². The van der Waals surface area contributed by atoms with Gasteiger partial charge < -0.3 is 9.13 Å². The van der Waals surface area contributed by atoms with Crippen molar-refractivity contribution in [3.05, 3.63) is 237 Å². The highest BCUT2D eigenvalue weighted by Crippen LogP contribution is 2.45. The Morgan fingerprint density at radius 1 is 0.265 bits per heavy atom. The minimum Gasteiger partial charge on any atom is -0.309 e. The van der Waals surface area contributed by atoms with Crippen LogP contribution in [0, 0.1) is 0 Å². The number of fused-ring (bicyclic) bond motifs is 10. The SMILES string of the molecule is c1ccc(-c2cccc(-c3nc(-c4ccccc4)nc(-c4ccc5cccc(-n6c7ccccc7c7c(-n8c9ccccc9c9ccc%10ccccc%10c98)c8ccccc8cc76)c5c4)n3)c2)cc1. The summed E-state index contributed by atoms with van der Waals surface area (Å²) in [6.45, 7) is 0. The fourth-order valence-corrected chi connectivity index (χ4v) is 10.6. The molecule has 0 saturated carbocycles. The molecule has 0 fully saturated rings. The van der Waals surface area contributed by atoms with E-state index in [4.69, 9.17) is 15.0 Å². The average Bonchev–Trinajstić information content (AvgIpc) is 3.93. The molecular formula is C63H39N5. The van der Waals surface area contributed by atoms with Crippen molar-refractivity contribution in [1.82, 2.24) is 24.1 Å². The minimum atomic E-state index is 0.616. The first kappa shape index (κ1) is 38.1. The minimum absolute atomic E-state index is 0.616. The Kier molecular flexibility index (Phi) is 8.52. The number of rotatable bonds is 6. The van der Waals surface area contributed by atoms with E-state index in [1.54, 1.807) is 0 Å². The van der Waals surface area contributed by atoms with Crippen LogP contribution in [0.5, 0.6) is 0 Å². The van der Waals surface area contributed by atoms with Crippen LogP contribution in [0.4, 0.5) is 0 Å². The molecule has 3 aromatic heterocycles. The standard InChI is InChI=1S/C63H39N5/c1-3-17-40(18-4-1)44-24-15-25-46(37-44)62-64-61(43-20-5-2-6-21-43)65-63(66-62)47-34-33-42-23-16-32-56(53(42)38-47)67-55-31-14-12-29-52(55)58-57(67)39-45-22-8-10-27-49(45)60(58)68-54-30-13-11-28-50(54)51-36-35-41-19-7-9-26-48(41)59(51)68/h1-39H. The van der Waals surface area contributed by atoms with E-state index in [0.717, 1.165) is 55.3 Å². The Bertz CT molecular complexity index is 4320. The smallest absolute Gasteiger partial charge is 0.164 e. The van der Waals surface area contributed by atoms with Crippen LogP contribution in [0.25, 0.3) is 133 Å². The van der Waals surface area contributed by atoms with Gasteiger partial charge in [-0.2, -0.15) is 0 Å². The van der Waals surface area contributed by atoms with Gasteiger partial charge in [0.2, 0.25) is 0 Å². The molecule has 0 unspecified atom stereocenters. The lowest BCUT2D eigenvalue weighted by atomic mass is 10.0. The van der Waals surface area contributed by atoms with Crippen molar-refractivity contribution in [2.24, 2.45) is 0 Å². The van der Waals surface area contributed by atoms with Crippen LogP contribution in [0.15, 0.2) is 237 Å². The van der Waals surface area contributed by atoms with Crippen LogP contribution in [0.3, 0.4) is 0 Å². The van der Waals surface area contributed by atoms with Gasteiger partial charge in [-0.05, 0) is 63.7 Å². The van der Waals surface area contributed by atoms with Gasteiger partial charge in [-0.1, -0.05) is 200 Å². The van der Waals surface area contributed by atoms with Gasteiger partial charge in [0.05, 0.1) is 33.4 Å². The molecular weight excluding hydrogens is 827 g/mol. The molecule has 0 bridgehead atoms. The molecule has 0 N–H and O–H groups in total. The van der Waals surface area contributed by atoms with Gasteiger partial charge in [0, 0.05) is 54.4 Å². The summed E-state index contributed by atoms with van der Waals surface area (Å²) in [7, 11) is 0. The summed E-state index contributed by atoms with van der Waals surface area (Å²) in [4.78, 5) is 15.5. The van der Waals surface area contributed by atoms with Crippen LogP contribution < -0.4 is 0 Å². The van der Waals surface area contributed by atoms with E-state index >= 15 is 0 Å². The molecule has 0 amide bonds. The molecule has 5 nitrogen and oxygen atoms in total. The Morgan fingerprint density at radius 3 is 1.57 bits per heavy atom. The molecule has 14 rings (SSSR count). The Balaban J connectivity index is 1.03. The maximum atomic E-state index is 5.25. The molecule has 0 radical (unpaired) electrons. The molecule has 0 aliphatic rings. The fourth-order valence-electron chi connectivity index (χ4n) is 10.6. The summed E-state index contributed by atoms with van der Waals surface area (Å²) in [5.41, 5.74) is 11.9. The number of para-hydroxylation sites is 2. The summed E-state index contributed by atoms with van der Waals surface area (Å²) in [6.07, 6.45) is 0. The third-order valence-corrected chi connectivity index (χ3v) is 13.7. The molecule has 0 spiro atoms. The molecule has 316 valence electrons. The summed E-state index contributed by atoms with van der Waals surface area (Å²) in [6, 6.07) is 84.7. The zero-order valence-corrected chi connectivity index (χ0v) is 36.8. The van der Waals surface area contributed by atoms with Crippen molar-refractivity contribution in [1.29, 1.82) is 0 Å². The predicted molar refractivity (Wildman–Crippen MR) is 283 cm³/mol. The predicted octanol–water partition coefficient (Wildman–Crippen LogP) is 16.2. The summed E-state index contributed by atoms with van der Waals surface area (Å²) >= 11 is 0. The van der Waals surface area contributed by atoms with Crippen molar-refractivity contribution in [3.8, 4) is 56.7 Å². The lowest BCUT2D eigenvalue weighted by Crippen LogP contribution is -2.01. The van der Waals surface area contributed by atoms with E-state index in [1.807, 2.05) is 24.3 Å². The van der Waals surface area contributed by atoms with E-state index in [0.29, 0.717) is 17.5 Å². The van der Waals surface area contributed by atoms with Crippen molar-refractivity contribution < 1.29 is 0 Å². The van der Waals surface area contributed by atoms with E-state index < -0.39 is 0 Å². The van der Waals surface area contributed by atoms with E-state index in [-0.39, 0.29) is 0 Å². The van der Waals surface area contributed by atoms with Gasteiger partial charge >= 0.3 is 0 Å². The van der Waals surface area contributed by atoms with Crippen molar-refractivity contribution in [3.63, 3.8) is 0 Å². The third kappa shape index (κ3) is 5.93. The van der Waals surface area contributed by atoms with Crippen LogP contribution in [0.1, 0.15) is 0 Å².